The highest BCUT2D eigenvalue weighted by molar-refractivity contribution is 7.48. The smallest absolute Gasteiger partial charge is 0.409 e. The fraction of sp³-hybridized carbons (Fsp3) is 0.333. The van der Waals surface area contributed by atoms with Crippen molar-refractivity contribution in [2.45, 2.75) is 116 Å². The van der Waals surface area contributed by atoms with Gasteiger partial charge in [0.25, 0.3) is 0 Å². The van der Waals surface area contributed by atoms with Gasteiger partial charge in [0, 0.05) is 16.2 Å². The zero-order valence-electron chi connectivity index (χ0n) is 38.6. The lowest BCUT2D eigenvalue weighted by atomic mass is 9.77. The first kappa shape index (κ1) is 44.9. The molecule has 0 aliphatic carbocycles. The van der Waals surface area contributed by atoms with Gasteiger partial charge in [0.05, 0.1) is 16.8 Å². The Bertz CT molecular complexity index is 2320. The molecule has 6 aromatic carbocycles. The first-order chi connectivity index (χ1) is 29.5. The molecule has 21 aliphatic heterocycles. The summed E-state index contributed by atoms with van der Waals surface area (Å²) in [4.78, 5) is 0. The summed E-state index contributed by atoms with van der Waals surface area (Å²) < 4.78 is 55.5. The molecule has 0 unspecified atom stereocenters. The summed E-state index contributed by atoms with van der Waals surface area (Å²) in [5.74, 6) is 1.88. The van der Waals surface area contributed by atoms with Gasteiger partial charge in [-0.3, -0.25) is 13.6 Å². The molecule has 63 heavy (non-hydrogen) atoms. The molecule has 27 rings (SSSR count). The fourth-order valence-electron chi connectivity index (χ4n) is 8.53. The van der Waals surface area contributed by atoms with Crippen molar-refractivity contribution in [3.8, 4) is 17.2 Å². The van der Waals surface area contributed by atoms with Crippen molar-refractivity contribution in [3.05, 3.63) is 196 Å². The van der Waals surface area contributed by atoms with E-state index in [2.05, 4.69) is 114 Å². The van der Waals surface area contributed by atoms with E-state index in [1.807, 2.05) is 114 Å². The third-order valence-electron chi connectivity index (χ3n) is 13.2. The summed E-state index contributed by atoms with van der Waals surface area (Å²) >= 11 is 0. The lowest BCUT2D eigenvalue weighted by molar-refractivity contribution is -0.0463. The number of benzene rings is 6. The normalized spacial score (nSPS) is 22.9. The third kappa shape index (κ3) is 9.02. The van der Waals surface area contributed by atoms with Crippen LogP contribution in [0.5, 0.6) is 17.2 Å². The van der Waals surface area contributed by atoms with E-state index in [0.29, 0.717) is 17.2 Å². The highest BCUT2D eigenvalue weighted by Gasteiger charge is 2.46. The second-order valence-corrected chi connectivity index (χ2v) is 22.4. The predicted octanol–water partition coefficient (Wildman–Crippen LogP) is 15.3. The van der Waals surface area contributed by atoms with Crippen LogP contribution in [-0.4, -0.2) is 0 Å². The molecule has 21 aliphatic rings. The summed E-state index contributed by atoms with van der Waals surface area (Å²) in [5.41, 5.74) is 4.65. The average Bonchev–Trinajstić information content (AvgIpc) is 3.23. The lowest BCUT2D eigenvalue weighted by Gasteiger charge is -2.39. The molecular weight excluding hydrogens is 823 g/mol. The number of hydrogen-bond donors (Lipinski definition) is 0. The molecular formula is C54H60O7P2. The minimum absolute atomic E-state index is 0.374. The Morgan fingerprint density at radius 1 is 0.302 bits per heavy atom. The number of phosphoric acid groups is 1. The Balaban J connectivity index is 1.33. The number of phosphoric ester groups is 1. The van der Waals surface area contributed by atoms with E-state index in [1.54, 1.807) is 0 Å². The molecule has 9 heteroatoms. The maximum atomic E-state index is 15.6. The number of rotatable bonds is 0. The largest absolute Gasteiger partial charge is 0.530 e. The Labute approximate surface area is 375 Å². The molecule has 0 amide bonds. The van der Waals surface area contributed by atoms with Crippen LogP contribution in [0.2, 0.25) is 0 Å². The van der Waals surface area contributed by atoms with Crippen LogP contribution in [0.3, 0.4) is 0 Å². The molecule has 0 spiro atoms. The van der Waals surface area contributed by atoms with Crippen LogP contribution in [0, 0.1) is 0 Å². The summed E-state index contributed by atoms with van der Waals surface area (Å²) in [5, 5.41) is 0. The van der Waals surface area contributed by atoms with Crippen LogP contribution in [0.15, 0.2) is 146 Å². The summed E-state index contributed by atoms with van der Waals surface area (Å²) in [6.45, 7) is 24.6. The Morgan fingerprint density at radius 2 is 0.476 bits per heavy atom. The summed E-state index contributed by atoms with van der Waals surface area (Å²) in [6, 6.07) is 49.1. The molecule has 0 saturated carbocycles. The third-order valence-corrected chi connectivity index (χ3v) is 16.3. The van der Waals surface area contributed by atoms with Crippen molar-refractivity contribution in [2.75, 3.05) is 0 Å². The van der Waals surface area contributed by atoms with Crippen molar-refractivity contribution >= 4 is 16.4 Å². The first-order valence-electron chi connectivity index (χ1n) is 21.7. The van der Waals surface area contributed by atoms with Gasteiger partial charge in [-0.15, -0.1) is 0 Å². The molecule has 0 aromatic heterocycles. The Hall–Kier alpha value is -4.74. The van der Waals surface area contributed by atoms with Gasteiger partial charge in [0.15, 0.2) is 0 Å². The predicted molar refractivity (Wildman–Crippen MR) is 254 cm³/mol. The van der Waals surface area contributed by atoms with Crippen molar-refractivity contribution in [1.29, 1.82) is 0 Å². The van der Waals surface area contributed by atoms with E-state index in [-0.39, 0.29) is 16.2 Å². The Kier molecular flexibility index (Phi) is 11.4. The minimum atomic E-state index is -4.40. The van der Waals surface area contributed by atoms with Gasteiger partial charge in [0.1, 0.15) is 17.2 Å². The van der Waals surface area contributed by atoms with Crippen LogP contribution in [0.1, 0.15) is 133 Å². The maximum Gasteiger partial charge on any atom is 0.530 e. The van der Waals surface area contributed by atoms with Crippen LogP contribution in [-0.2, 0) is 51.2 Å². The van der Waals surface area contributed by atoms with E-state index in [1.165, 1.54) is 0 Å². The zero-order chi connectivity index (χ0) is 45.2. The molecule has 0 N–H and O–H groups in total. The standard InChI is InChI=1S/C54H60O7P2/c1-49(2)37-13-19-43(20-14-37)52(7,8)59-63(55)60-53(9,10)44-21-15-38(16-22-44)50(3,4)41-27-33-47(34-28-41)57-62(56-46-31-25-40(49)26-32-46)58-48-35-29-42(30-36-48)51(5,6)39-17-23-45(24-18-39)54(11,12)61-63/h13-36H,1-12H3. The topological polar surface area (TPSA) is 72.5 Å². The monoisotopic (exact) mass is 882 g/mol. The van der Waals surface area contributed by atoms with Crippen LogP contribution in [0.25, 0.3) is 0 Å². The molecule has 7 nitrogen and oxygen atoms in total. The SMILES string of the molecule is CC1(C)OP2(=O)OC(C)(C)c3ccc(cc3)C(C)(C)c3ccc(cc3)OP(Oc3ccc(cc3)C(C)(C)c3ccc1cc3)Oc1ccc(cc1)C(C)(C)c1ccc(cc1)C(C)(C)O2. The molecule has 0 fully saturated rings. The molecule has 14 bridgehead atoms. The number of hydrogen-bond acceptors (Lipinski definition) is 7. The van der Waals surface area contributed by atoms with Gasteiger partial charge >= 0.3 is 16.4 Å². The highest BCUT2D eigenvalue weighted by atomic mass is 31.2. The van der Waals surface area contributed by atoms with E-state index >= 15 is 4.57 Å². The molecule has 0 saturated heterocycles. The second-order valence-electron chi connectivity index (χ2n) is 19.9. The van der Waals surface area contributed by atoms with E-state index in [0.717, 1.165) is 50.1 Å². The van der Waals surface area contributed by atoms with Crippen LogP contribution >= 0.6 is 16.4 Å². The van der Waals surface area contributed by atoms with Gasteiger partial charge in [-0.1, -0.05) is 151 Å². The van der Waals surface area contributed by atoms with Crippen molar-refractivity contribution in [3.63, 3.8) is 0 Å². The molecule has 6 aromatic rings. The van der Waals surface area contributed by atoms with Gasteiger partial charge in [-0.05, 0) is 128 Å². The van der Waals surface area contributed by atoms with Gasteiger partial charge in [0.2, 0.25) is 0 Å². The highest BCUT2D eigenvalue weighted by Crippen LogP contribution is 2.62. The Morgan fingerprint density at radius 3 is 0.683 bits per heavy atom. The van der Waals surface area contributed by atoms with E-state index in [4.69, 9.17) is 27.1 Å². The maximum absolute atomic E-state index is 15.6. The zero-order valence-corrected chi connectivity index (χ0v) is 40.4. The lowest BCUT2D eigenvalue weighted by Crippen LogP contribution is -2.30. The van der Waals surface area contributed by atoms with E-state index < -0.39 is 33.2 Å². The molecule has 0 radical (unpaired) electrons. The van der Waals surface area contributed by atoms with Gasteiger partial charge in [-0.2, -0.15) is 0 Å². The molecule has 328 valence electrons. The van der Waals surface area contributed by atoms with Crippen molar-refractivity contribution in [1.82, 2.24) is 0 Å². The summed E-state index contributed by atoms with van der Waals surface area (Å²) in [7, 11) is -6.33. The quantitative estimate of drug-likeness (QED) is 0.141. The molecule has 0 atom stereocenters. The van der Waals surface area contributed by atoms with Crippen molar-refractivity contribution in [2.24, 2.45) is 0 Å². The van der Waals surface area contributed by atoms with Crippen LogP contribution < -0.4 is 13.6 Å². The van der Waals surface area contributed by atoms with E-state index in [9.17, 15) is 0 Å². The van der Waals surface area contributed by atoms with Gasteiger partial charge in [-0.25, -0.2) is 4.57 Å². The molecule has 21 heterocycles. The minimum Gasteiger partial charge on any atom is -0.409 e. The van der Waals surface area contributed by atoms with Crippen molar-refractivity contribution < 1.29 is 31.7 Å². The second kappa shape index (κ2) is 16.1. The average molecular weight is 883 g/mol. The summed E-state index contributed by atoms with van der Waals surface area (Å²) in [6.07, 6.45) is 0. The van der Waals surface area contributed by atoms with Gasteiger partial charge < -0.3 is 13.6 Å². The fourth-order valence-corrected chi connectivity index (χ4v) is 11.6. The first-order valence-corrected chi connectivity index (χ1v) is 24.2. The van der Waals surface area contributed by atoms with Crippen LogP contribution in [0.4, 0.5) is 0 Å².